The molecule has 2 aromatic rings. The minimum absolute atomic E-state index is 0.00551. The molecule has 0 aromatic heterocycles. The molecule has 0 aliphatic heterocycles. The van der Waals surface area contributed by atoms with Crippen LogP contribution in [0.3, 0.4) is 0 Å². The fourth-order valence-corrected chi connectivity index (χ4v) is 1.76. The summed E-state index contributed by atoms with van der Waals surface area (Å²) in [4.78, 5) is 10.7. The van der Waals surface area contributed by atoms with Crippen LogP contribution in [0.25, 0.3) is 10.8 Å². The number of fused-ring (bicyclic) bond motifs is 1. The van der Waals surface area contributed by atoms with Crippen LogP contribution in [0, 0.1) is 0 Å². The first-order chi connectivity index (χ1) is 7.18. The van der Waals surface area contributed by atoms with Crippen molar-refractivity contribution in [2.75, 3.05) is 5.73 Å². The molecule has 15 heavy (non-hydrogen) atoms. The van der Waals surface area contributed by atoms with Crippen LogP contribution in [0.15, 0.2) is 36.4 Å². The van der Waals surface area contributed by atoms with Crippen molar-refractivity contribution in [3.05, 3.63) is 42.0 Å². The van der Waals surface area contributed by atoms with Crippen molar-refractivity contribution < 1.29 is 9.90 Å². The van der Waals surface area contributed by atoms with Crippen molar-refractivity contribution in [1.82, 2.24) is 0 Å². The summed E-state index contributed by atoms with van der Waals surface area (Å²) in [5, 5.41) is 10.6. The zero-order chi connectivity index (χ0) is 10.8. The lowest BCUT2D eigenvalue weighted by Crippen LogP contribution is -2.01. The van der Waals surface area contributed by atoms with Crippen molar-refractivity contribution >= 4 is 22.4 Å². The first kappa shape index (κ1) is 9.52. The lowest BCUT2D eigenvalue weighted by molar-refractivity contribution is -0.136. The van der Waals surface area contributed by atoms with Crippen LogP contribution < -0.4 is 5.73 Å². The summed E-state index contributed by atoms with van der Waals surface area (Å²) in [6.07, 6.45) is 0.00551. The third kappa shape index (κ3) is 1.76. The number of carboxylic acids is 1. The maximum absolute atomic E-state index is 10.7. The van der Waals surface area contributed by atoms with E-state index in [-0.39, 0.29) is 6.42 Å². The van der Waals surface area contributed by atoms with Crippen molar-refractivity contribution in [3.63, 3.8) is 0 Å². The number of nitrogens with two attached hydrogens (primary N) is 1. The fraction of sp³-hybridized carbons (Fsp3) is 0.0833. The van der Waals surface area contributed by atoms with Crippen molar-refractivity contribution in [3.8, 4) is 0 Å². The van der Waals surface area contributed by atoms with E-state index in [1.165, 1.54) is 0 Å². The molecule has 0 saturated carbocycles. The summed E-state index contributed by atoms with van der Waals surface area (Å²) < 4.78 is 0. The Labute approximate surface area is 87.1 Å². The van der Waals surface area contributed by atoms with Gasteiger partial charge < -0.3 is 10.8 Å². The molecule has 0 bridgehead atoms. The smallest absolute Gasteiger partial charge is 0.307 e. The Kier molecular flexibility index (Phi) is 2.29. The minimum Gasteiger partial charge on any atom is -0.481 e. The number of rotatable bonds is 2. The van der Waals surface area contributed by atoms with Gasteiger partial charge in [-0.05, 0) is 17.0 Å². The molecular weight excluding hydrogens is 190 g/mol. The standard InChI is InChI=1S/C12H11NO2/c13-10-6-2-4-8-3-1-5-9(12(8)10)7-11(14)15/h1-6H,7,13H2,(H,14,15). The average Bonchev–Trinajstić information content (AvgIpc) is 2.17. The maximum atomic E-state index is 10.7. The first-order valence-electron chi connectivity index (χ1n) is 4.66. The molecule has 3 N–H and O–H groups in total. The van der Waals surface area contributed by atoms with Crippen molar-refractivity contribution in [2.24, 2.45) is 0 Å². The van der Waals surface area contributed by atoms with Crippen LogP contribution in [0.2, 0.25) is 0 Å². The molecular formula is C12H11NO2. The Bertz CT molecular complexity index is 515. The monoisotopic (exact) mass is 201 g/mol. The predicted octanol–water partition coefficient (Wildman–Crippen LogP) is 2.05. The molecule has 2 rings (SSSR count). The number of anilines is 1. The van der Waals surface area contributed by atoms with Crippen LogP contribution in [0.1, 0.15) is 5.56 Å². The molecule has 0 atom stereocenters. The van der Waals surface area contributed by atoms with Crippen LogP contribution in [0.4, 0.5) is 5.69 Å². The highest BCUT2D eigenvalue weighted by Gasteiger charge is 2.07. The van der Waals surface area contributed by atoms with Gasteiger partial charge in [-0.1, -0.05) is 30.3 Å². The summed E-state index contributed by atoms with van der Waals surface area (Å²) in [6.45, 7) is 0. The molecule has 0 saturated heterocycles. The summed E-state index contributed by atoms with van der Waals surface area (Å²) in [7, 11) is 0. The second-order valence-electron chi connectivity index (χ2n) is 3.43. The van der Waals surface area contributed by atoms with Gasteiger partial charge in [-0.25, -0.2) is 0 Å². The number of benzene rings is 2. The van der Waals surface area contributed by atoms with Gasteiger partial charge >= 0.3 is 5.97 Å². The first-order valence-corrected chi connectivity index (χ1v) is 4.66. The van der Waals surface area contributed by atoms with Crippen LogP contribution >= 0.6 is 0 Å². The van der Waals surface area contributed by atoms with Crippen LogP contribution in [-0.2, 0) is 11.2 Å². The number of carbonyl (C=O) groups is 1. The van der Waals surface area contributed by atoms with Gasteiger partial charge in [0.05, 0.1) is 6.42 Å². The van der Waals surface area contributed by atoms with E-state index in [0.29, 0.717) is 5.69 Å². The Morgan fingerprint density at radius 1 is 1.20 bits per heavy atom. The van der Waals surface area contributed by atoms with E-state index in [4.69, 9.17) is 10.8 Å². The van der Waals surface area contributed by atoms with Crippen molar-refractivity contribution in [1.29, 1.82) is 0 Å². The topological polar surface area (TPSA) is 63.3 Å². The minimum atomic E-state index is -0.842. The molecule has 0 fully saturated rings. The largest absolute Gasteiger partial charge is 0.481 e. The third-order valence-corrected chi connectivity index (χ3v) is 2.36. The second-order valence-corrected chi connectivity index (χ2v) is 3.43. The van der Waals surface area contributed by atoms with E-state index < -0.39 is 5.97 Å². The molecule has 0 unspecified atom stereocenters. The molecule has 0 amide bonds. The Hall–Kier alpha value is -2.03. The highest BCUT2D eigenvalue weighted by atomic mass is 16.4. The second kappa shape index (κ2) is 3.61. The molecule has 0 spiro atoms. The van der Waals surface area contributed by atoms with Gasteiger partial charge in [-0.3, -0.25) is 4.79 Å². The number of aliphatic carboxylic acids is 1. The highest BCUT2D eigenvalue weighted by molar-refractivity contribution is 5.97. The normalized spacial score (nSPS) is 10.4. The fourth-order valence-electron chi connectivity index (χ4n) is 1.76. The predicted molar refractivity (Wildman–Crippen MR) is 59.7 cm³/mol. The number of nitrogen functional groups attached to an aromatic ring is 1. The molecule has 0 aliphatic rings. The van der Waals surface area contributed by atoms with Crippen molar-refractivity contribution in [2.45, 2.75) is 6.42 Å². The molecule has 0 heterocycles. The van der Waals surface area contributed by atoms with Gasteiger partial charge in [-0.2, -0.15) is 0 Å². The van der Waals surface area contributed by atoms with E-state index in [1.54, 1.807) is 12.1 Å². The van der Waals surface area contributed by atoms with E-state index in [1.807, 2.05) is 24.3 Å². The third-order valence-electron chi connectivity index (χ3n) is 2.36. The molecule has 76 valence electrons. The summed E-state index contributed by atoms with van der Waals surface area (Å²) >= 11 is 0. The average molecular weight is 201 g/mol. The highest BCUT2D eigenvalue weighted by Crippen LogP contribution is 2.25. The maximum Gasteiger partial charge on any atom is 0.307 e. The van der Waals surface area contributed by atoms with E-state index in [2.05, 4.69) is 0 Å². The van der Waals surface area contributed by atoms with Gasteiger partial charge in [0, 0.05) is 11.1 Å². The quantitative estimate of drug-likeness (QED) is 0.731. The molecule has 0 radical (unpaired) electrons. The lowest BCUT2D eigenvalue weighted by Gasteiger charge is -2.06. The molecule has 3 heteroatoms. The van der Waals surface area contributed by atoms with Gasteiger partial charge in [0.25, 0.3) is 0 Å². The number of hydrogen-bond donors (Lipinski definition) is 2. The Morgan fingerprint density at radius 2 is 1.87 bits per heavy atom. The van der Waals surface area contributed by atoms with Crippen LogP contribution in [0.5, 0.6) is 0 Å². The Balaban J connectivity index is 2.68. The Morgan fingerprint density at radius 3 is 2.53 bits per heavy atom. The summed E-state index contributed by atoms with van der Waals surface area (Å²) in [5.41, 5.74) is 7.23. The van der Waals surface area contributed by atoms with Gasteiger partial charge in [-0.15, -0.1) is 0 Å². The number of hydrogen-bond acceptors (Lipinski definition) is 2. The van der Waals surface area contributed by atoms with Gasteiger partial charge in [0.15, 0.2) is 0 Å². The molecule has 2 aromatic carbocycles. The molecule has 3 nitrogen and oxygen atoms in total. The molecule has 0 aliphatic carbocycles. The summed E-state index contributed by atoms with van der Waals surface area (Å²) in [5.74, 6) is -0.842. The number of carboxylic acid groups (broad SMARTS) is 1. The van der Waals surface area contributed by atoms with E-state index >= 15 is 0 Å². The van der Waals surface area contributed by atoms with Gasteiger partial charge in [0.2, 0.25) is 0 Å². The van der Waals surface area contributed by atoms with Crippen LogP contribution in [-0.4, -0.2) is 11.1 Å². The van der Waals surface area contributed by atoms with Gasteiger partial charge in [0.1, 0.15) is 0 Å². The van der Waals surface area contributed by atoms with E-state index in [0.717, 1.165) is 16.3 Å². The zero-order valence-electron chi connectivity index (χ0n) is 8.10. The SMILES string of the molecule is Nc1cccc2cccc(CC(=O)O)c12. The summed E-state index contributed by atoms with van der Waals surface area (Å²) in [6, 6.07) is 11.1. The van der Waals surface area contributed by atoms with E-state index in [9.17, 15) is 4.79 Å². The lowest BCUT2D eigenvalue weighted by atomic mass is 10.0. The zero-order valence-corrected chi connectivity index (χ0v) is 8.10.